The third-order valence-corrected chi connectivity index (χ3v) is 7.50. The number of hydrogen-bond acceptors (Lipinski definition) is 6. The normalized spacial score (nSPS) is 22.6. The first-order valence-corrected chi connectivity index (χ1v) is 9.31. The van der Waals surface area contributed by atoms with Crippen molar-refractivity contribution in [2.24, 2.45) is 0 Å². The van der Waals surface area contributed by atoms with Gasteiger partial charge >= 0.3 is 5.97 Å². The summed E-state index contributed by atoms with van der Waals surface area (Å²) >= 11 is 0. The number of hydrogen-bond donors (Lipinski definition) is 0. The highest BCUT2D eigenvalue weighted by Gasteiger charge is 2.39. The Hall–Kier alpha value is -0.670. The van der Waals surface area contributed by atoms with Gasteiger partial charge in [-0.2, -0.15) is 0 Å². The second-order valence-corrected chi connectivity index (χ2v) is 8.83. The molecule has 0 radical (unpaired) electrons. The number of carbonyl (C=O) groups is 1. The van der Waals surface area contributed by atoms with Gasteiger partial charge < -0.3 is 4.74 Å². The summed E-state index contributed by atoms with van der Waals surface area (Å²) < 4.78 is 52.8. The molecule has 7 nitrogen and oxygen atoms in total. The molecule has 1 rings (SSSR count). The minimum Gasteiger partial charge on any atom is -0.469 e. The van der Waals surface area contributed by atoms with Crippen LogP contribution in [0.4, 0.5) is 0 Å². The monoisotopic (exact) mass is 313 g/mol. The number of nitrogens with zero attached hydrogens (tertiary/aromatic N) is 1. The molecule has 0 N–H and O–H groups in total. The molecule has 0 aliphatic carbocycles. The molecule has 0 spiro atoms. The number of methoxy groups -OCH3 is 1. The minimum absolute atomic E-state index is 0.0159. The van der Waals surface area contributed by atoms with Crippen molar-refractivity contribution >= 4 is 25.8 Å². The molecule has 1 atom stereocenters. The lowest BCUT2D eigenvalue weighted by molar-refractivity contribution is -0.140. The predicted molar refractivity (Wildman–Crippen MR) is 69.9 cm³/mol. The van der Waals surface area contributed by atoms with Gasteiger partial charge in [0.25, 0.3) is 0 Å². The van der Waals surface area contributed by atoms with Crippen LogP contribution in [0.5, 0.6) is 0 Å². The summed E-state index contributed by atoms with van der Waals surface area (Å²) in [5, 5.41) is -0.893. The smallest absolute Gasteiger partial charge is 0.306 e. The van der Waals surface area contributed by atoms with E-state index in [-0.39, 0.29) is 37.4 Å². The molecule has 19 heavy (non-hydrogen) atoms. The van der Waals surface area contributed by atoms with Crippen molar-refractivity contribution in [3.63, 3.8) is 0 Å². The first-order valence-electron chi connectivity index (χ1n) is 5.99. The predicted octanol–water partition coefficient (Wildman–Crippen LogP) is -0.612. The molecule has 9 heteroatoms. The molecular formula is C10H19NO6S2. The summed E-state index contributed by atoms with van der Waals surface area (Å²) in [6.07, 6.45) is 0.0857. The summed E-state index contributed by atoms with van der Waals surface area (Å²) in [4.78, 5) is 11.0. The van der Waals surface area contributed by atoms with Crippen molar-refractivity contribution in [3.8, 4) is 0 Å². The van der Waals surface area contributed by atoms with Gasteiger partial charge in [-0.15, -0.1) is 0 Å². The zero-order chi connectivity index (χ0) is 14.7. The van der Waals surface area contributed by atoms with Crippen LogP contribution in [0.15, 0.2) is 0 Å². The van der Waals surface area contributed by atoms with Gasteiger partial charge in [0, 0.05) is 13.1 Å². The number of rotatable bonds is 6. The van der Waals surface area contributed by atoms with E-state index in [0.29, 0.717) is 0 Å². The number of sulfone groups is 1. The fourth-order valence-electron chi connectivity index (χ4n) is 1.99. The molecular weight excluding hydrogens is 294 g/mol. The molecule has 0 bridgehead atoms. The van der Waals surface area contributed by atoms with Gasteiger partial charge in [0.2, 0.25) is 10.0 Å². The topological polar surface area (TPSA) is 97.8 Å². The highest BCUT2D eigenvalue weighted by atomic mass is 32.2. The van der Waals surface area contributed by atoms with Gasteiger partial charge in [0.1, 0.15) is 0 Å². The SMILES string of the molecule is CCN(CCC(=O)OC)S(=O)(=O)C1CCS(=O)(=O)C1. The van der Waals surface area contributed by atoms with E-state index in [9.17, 15) is 21.6 Å². The molecule has 112 valence electrons. The van der Waals surface area contributed by atoms with Crippen LogP contribution in [-0.2, 0) is 29.4 Å². The molecule has 0 amide bonds. The Labute approximate surface area is 113 Å². The Morgan fingerprint density at radius 3 is 2.47 bits per heavy atom. The molecule has 0 saturated carbocycles. The van der Waals surface area contributed by atoms with Crippen LogP contribution in [0.2, 0.25) is 0 Å². The van der Waals surface area contributed by atoms with Crippen molar-refractivity contribution < 1.29 is 26.4 Å². The van der Waals surface area contributed by atoms with Crippen LogP contribution < -0.4 is 0 Å². The first kappa shape index (κ1) is 16.4. The second kappa shape index (κ2) is 6.19. The summed E-state index contributed by atoms with van der Waals surface area (Å²) in [7, 11) is -5.70. The average Bonchev–Trinajstić information content (AvgIpc) is 2.70. The number of carbonyl (C=O) groups excluding carboxylic acids is 1. The van der Waals surface area contributed by atoms with Crippen molar-refractivity contribution in [2.75, 3.05) is 31.7 Å². The van der Waals surface area contributed by atoms with E-state index in [2.05, 4.69) is 4.74 Å². The first-order chi connectivity index (χ1) is 8.73. The second-order valence-electron chi connectivity index (χ2n) is 4.39. The van der Waals surface area contributed by atoms with Gasteiger partial charge in [-0.05, 0) is 6.42 Å². The molecule has 1 aliphatic rings. The number of esters is 1. The van der Waals surface area contributed by atoms with Gasteiger partial charge in [0.15, 0.2) is 9.84 Å². The standard InChI is InChI=1S/C10H19NO6S2/c1-3-11(6-4-10(12)17-2)19(15,16)9-5-7-18(13,14)8-9/h9H,3-8H2,1-2H3. The van der Waals surface area contributed by atoms with E-state index in [1.165, 1.54) is 7.11 Å². The third-order valence-electron chi connectivity index (χ3n) is 3.12. The molecule has 1 heterocycles. The molecule has 0 aromatic heterocycles. The minimum atomic E-state index is -3.68. The molecule has 1 saturated heterocycles. The van der Waals surface area contributed by atoms with E-state index in [0.717, 1.165) is 4.31 Å². The Kier molecular flexibility index (Phi) is 5.34. The van der Waals surface area contributed by atoms with Crippen molar-refractivity contribution in [1.82, 2.24) is 4.31 Å². The van der Waals surface area contributed by atoms with Crippen LogP contribution in [0.3, 0.4) is 0 Å². The van der Waals surface area contributed by atoms with E-state index in [1.807, 2.05) is 0 Å². The molecule has 1 unspecified atom stereocenters. The summed E-state index contributed by atoms with van der Waals surface area (Å²) in [5.74, 6) is -0.914. The molecule has 0 aromatic carbocycles. The van der Waals surface area contributed by atoms with Crippen molar-refractivity contribution in [3.05, 3.63) is 0 Å². The third kappa shape index (κ3) is 4.15. The zero-order valence-electron chi connectivity index (χ0n) is 11.0. The van der Waals surface area contributed by atoms with E-state index >= 15 is 0 Å². The molecule has 1 fully saturated rings. The van der Waals surface area contributed by atoms with Crippen LogP contribution in [0.25, 0.3) is 0 Å². The van der Waals surface area contributed by atoms with E-state index < -0.39 is 31.1 Å². The van der Waals surface area contributed by atoms with Crippen LogP contribution >= 0.6 is 0 Å². The van der Waals surface area contributed by atoms with Crippen molar-refractivity contribution in [2.45, 2.75) is 25.0 Å². The van der Waals surface area contributed by atoms with Gasteiger partial charge in [0.05, 0.1) is 30.3 Å². The average molecular weight is 313 g/mol. The quantitative estimate of drug-likeness (QED) is 0.607. The highest BCUT2D eigenvalue weighted by molar-refractivity contribution is 7.95. The number of ether oxygens (including phenoxy) is 1. The fourth-order valence-corrected chi connectivity index (χ4v) is 6.54. The van der Waals surface area contributed by atoms with Gasteiger partial charge in [-0.3, -0.25) is 4.79 Å². The Bertz CT molecular complexity index is 524. The zero-order valence-corrected chi connectivity index (χ0v) is 12.7. The maximum Gasteiger partial charge on any atom is 0.306 e. The Morgan fingerprint density at radius 2 is 2.05 bits per heavy atom. The van der Waals surface area contributed by atoms with Crippen LogP contribution in [-0.4, -0.2) is 64.1 Å². The Balaban J connectivity index is 2.76. The lowest BCUT2D eigenvalue weighted by Gasteiger charge is -2.23. The fraction of sp³-hybridized carbons (Fsp3) is 0.900. The summed E-state index contributed by atoms with van der Waals surface area (Å²) in [6.45, 7) is 1.87. The lowest BCUT2D eigenvalue weighted by atomic mass is 10.4. The lowest BCUT2D eigenvalue weighted by Crippen LogP contribution is -2.40. The van der Waals surface area contributed by atoms with E-state index in [4.69, 9.17) is 0 Å². The maximum absolute atomic E-state index is 12.3. The molecule has 1 aliphatic heterocycles. The summed E-state index contributed by atoms with van der Waals surface area (Å²) in [6, 6.07) is 0. The summed E-state index contributed by atoms with van der Waals surface area (Å²) in [5.41, 5.74) is 0. The van der Waals surface area contributed by atoms with E-state index in [1.54, 1.807) is 6.92 Å². The van der Waals surface area contributed by atoms with Gasteiger partial charge in [-0.1, -0.05) is 6.92 Å². The Morgan fingerprint density at radius 1 is 1.42 bits per heavy atom. The number of sulfonamides is 1. The van der Waals surface area contributed by atoms with Crippen LogP contribution in [0, 0.1) is 0 Å². The highest BCUT2D eigenvalue weighted by Crippen LogP contribution is 2.22. The van der Waals surface area contributed by atoms with Crippen LogP contribution in [0.1, 0.15) is 19.8 Å². The molecule has 0 aromatic rings. The van der Waals surface area contributed by atoms with Gasteiger partial charge in [-0.25, -0.2) is 21.1 Å². The van der Waals surface area contributed by atoms with Crippen molar-refractivity contribution in [1.29, 1.82) is 0 Å². The maximum atomic E-state index is 12.3. The largest absolute Gasteiger partial charge is 0.469 e.